The second-order valence-electron chi connectivity index (χ2n) is 6.43. The molecule has 1 saturated heterocycles. The first-order chi connectivity index (χ1) is 12.6. The van der Waals surface area contributed by atoms with Crippen molar-refractivity contribution in [1.29, 1.82) is 0 Å². The molecular formula is C20H18N2O4. The van der Waals surface area contributed by atoms with Crippen LogP contribution in [0, 0.1) is 0 Å². The summed E-state index contributed by atoms with van der Waals surface area (Å²) >= 11 is 0. The molecule has 2 amide bonds. The molecule has 1 aliphatic rings. The van der Waals surface area contributed by atoms with Crippen molar-refractivity contribution in [2.45, 2.75) is 12.3 Å². The molecule has 4 rings (SSSR count). The summed E-state index contributed by atoms with van der Waals surface area (Å²) < 4.78 is 5.30. The van der Waals surface area contributed by atoms with E-state index in [9.17, 15) is 14.7 Å². The standard InChI is InChI=1S/C20H18N2O4/c23-19(24)17-4-2-1-3-16(17)14-7-9-22(12-14)20(25)21-15-5-6-18-13(11-15)8-10-26-18/h1-6,8,10-11,14H,7,9,12H2,(H,21,25)(H,23,24)/t14-/m0/s1. The average Bonchev–Trinajstić information content (AvgIpc) is 3.30. The topological polar surface area (TPSA) is 82.8 Å². The number of hydrogen-bond donors (Lipinski definition) is 2. The first kappa shape index (κ1) is 16.2. The number of rotatable bonds is 3. The van der Waals surface area contributed by atoms with Crippen LogP contribution in [0.4, 0.5) is 10.5 Å². The molecule has 0 radical (unpaired) electrons. The van der Waals surface area contributed by atoms with Gasteiger partial charge < -0.3 is 19.7 Å². The van der Waals surface area contributed by atoms with Crippen molar-refractivity contribution in [2.24, 2.45) is 0 Å². The Morgan fingerprint density at radius 3 is 2.85 bits per heavy atom. The summed E-state index contributed by atoms with van der Waals surface area (Å²) in [7, 11) is 0. The smallest absolute Gasteiger partial charge is 0.335 e. The molecule has 6 heteroatoms. The second kappa shape index (κ2) is 6.55. The lowest BCUT2D eigenvalue weighted by atomic mass is 9.93. The highest BCUT2D eigenvalue weighted by molar-refractivity contribution is 5.93. The van der Waals surface area contributed by atoms with Crippen LogP contribution in [0.3, 0.4) is 0 Å². The van der Waals surface area contributed by atoms with Gasteiger partial charge in [0, 0.05) is 30.1 Å². The van der Waals surface area contributed by atoms with E-state index in [2.05, 4.69) is 5.32 Å². The fourth-order valence-electron chi connectivity index (χ4n) is 3.49. The van der Waals surface area contributed by atoms with E-state index in [-0.39, 0.29) is 11.9 Å². The van der Waals surface area contributed by atoms with Crippen LogP contribution in [-0.4, -0.2) is 35.1 Å². The number of benzene rings is 2. The van der Waals surface area contributed by atoms with Crippen LogP contribution in [0.2, 0.25) is 0 Å². The van der Waals surface area contributed by atoms with Crippen LogP contribution in [-0.2, 0) is 0 Å². The summed E-state index contributed by atoms with van der Waals surface area (Å²) in [6, 6.07) is 14.2. The number of anilines is 1. The largest absolute Gasteiger partial charge is 0.478 e. The molecule has 1 aromatic heterocycles. The highest BCUT2D eigenvalue weighted by Gasteiger charge is 2.29. The zero-order valence-electron chi connectivity index (χ0n) is 14.0. The molecule has 1 atom stereocenters. The van der Waals surface area contributed by atoms with Gasteiger partial charge in [0.25, 0.3) is 0 Å². The van der Waals surface area contributed by atoms with Crippen molar-refractivity contribution in [1.82, 2.24) is 4.90 Å². The van der Waals surface area contributed by atoms with Gasteiger partial charge in [0.05, 0.1) is 11.8 Å². The molecule has 26 heavy (non-hydrogen) atoms. The Hall–Kier alpha value is -3.28. The van der Waals surface area contributed by atoms with Crippen molar-refractivity contribution < 1.29 is 19.1 Å². The first-order valence-corrected chi connectivity index (χ1v) is 8.47. The maximum Gasteiger partial charge on any atom is 0.335 e. The molecule has 0 bridgehead atoms. The Morgan fingerprint density at radius 2 is 2.00 bits per heavy atom. The molecule has 2 aromatic carbocycles. The number of nitrogens with one attached hydrogen (secondary N) is 1. The van der Waals surface area contributed by atoms with Gasteiger partial charge in [0.2, 0.25) is 0 Å². The third kappa shape index (κ3) is 3.01. The number of urea groups is 1. The van der Waals surface area contributed by atoms with E-state index in [1.54, 1.807) is 29.4 Å². The summed E-state index contributed by atoms with van der Waals surface area (Å²) in [4.78, 5) is 25.7. The van der Waals surface area contributed by atoms with Gasteiger partial charge in [-0.1, -0.05) is 18.2 Å². The Kier molecular flexibility index (Phi) is 4.08. The summed E-state index contributed by atoms with van der Waals surface area (Å²) in [6.07, 6.45) is 2.36. The Bertz CT molecular complexity index is 979. The van der Waals surface area contributed by atoms with Gasteiger partial charge in [-0.3, -0.25) is 0 Å². The van der Waals surface area contributed by atoms with Crippen LogP contribution >= 0.6 is 0 Å². The van der Waals surface area contributed by atoms with E-state index in [0.717, 1.165) is 23.0 Å². The third-order valence-electron chi connectivity index (χ3n) is 4.81. The van der Waals surface area contributed by atoms with Crippen LogP contribution in [0.25, 0.3) is 11.0 Å². The molecule has 1 fully saturated rings. The number of aromatic carboxylic acids is 1. The van der Waals surface area contributed by atoms with Crippen molar-refractivity contribution >= 4 is 28.7 Å². The van der Waals surface area contributed by atoms with Crippen molar-refractivity contribution in [3.8, 4) is 0 Å². The van der Waals surface area contributed by atoms with Gasteiger partial charge in [-0.25, -0.2) is 9.59 Å². The number of likely N-dealkylation sites (tertiary alicyclic amines) is 1. The lowest BCUT2D eigenvalue weighted by Crippen LogP contribution is -2.32. The predicted octanol–water partition coefficient (Wildman–Crippen LogP) is 4.15. The summed E-state index contributed by atoms with van der Waals surface area (Å²) in [6.45, 7) is 1.10. The number of carbonyl (C=O) groups is 2. The summed E-state index contributed by atoms with van der Waals surface area (Å²) in [5.74, 6) is -0.902. The van der Waals surface area contributed by atoms with Crippen LogP contribution in [0.5, 0.6) is 0 Å². The molecule has 2 N–H and O–H groups in total. The number of fused-ring (bicyclic) bond motifs is 1. The van der Waals surface area contributed by atoms with E-state index in [4.69, 9.17) is 4.42 Å². The zero-order chi connectivity index (χ0) is 18.1. The van der Waals surface area contributed by atoms with Gasteiger partial charge in [0.15, 0.2) is 0 Å². The van der Waals surface area contributed by atoms with Crippen molar-refractivity contribution in [3.63, 3.8) is 0 Å². The van der Waals surface area contributed by atoms with E-state index >= 15 is 0 Å². The number of amides is 2. The van der Waals surface area contributed by atoms with Crippen LogP contribution < -0.4 is 5.32 Å². The van der Waals surface area contributed by atoms with Gasteiger partial charge in [-0.2, -0.15) is 0 Å². The molecule has 0 unspecified atom stereocenters. The molecular weight excluding hydrogens is 332 g/mol. The molecule has 2 heterocycles. The van der Waals surface area contributed by atoms with E-state index in [0.29, 0.717) is 24.3 Å². The maximum absolute atomic E-state index is 12.6. The lowest BCUT2D eigenvalue weighted by molar-refractivity contribution is 0.0695. The van der Waals surface area contributed by atoms with Gasteiger partial charge in [-0.15, -0.1) is 0 Å². The third-order valence-corrected chi connectivity index (χ3v) is 4.81. The first-order valence-electron chi connectivity index (χ1n) is 8.47. The summed E-state index contributed by atoms with van der Waals surface area (Å²) in [5.41, 5.74) is 2.58. The molecule has 0 aliphatic carbocycles. The van der Waals surface area contributed by atoms with E-state index in [1.807, 2.05) is 30.3 Å². The Balaban J connectivity index is 1.46. The number of hydrogen-bond acceptors (Lipinski definition) is 3. The molecule has 6 nitrogen and oxygen atoms in total. The van der Waals surface area contributed by atoms with Gasteiger partial charge in [0.1, 0.15) is 5.58 Å². The van der Waals surface area contributed by atoms with Gasteiger partial charge in [-0.05, 0) is 42.3 Å². The normalized spacial score (nSPS) is 16.8. The Labute approximate surface area is 150 Å². The zero-order valence-corrected chi connectivity index (χ0v) is 14.0. The number of nitrogens with zero attached hydrogens (tertiary/aromatic N) is 1. The molecule has 0 spiro atoms. The number of carbonyl (C=O) groups excluding carboxylic acids is 1. The molecule has 132 valence electrons. The van der Waals surface area contributed by atoms with Crippen molar-refractivity contribution in [2.75, 3.05) is 18.4 Å². The quantitative estimate of drug-likeness (QED) is 0.743. The molecule has 3 aromatic rings. The van der Waals surface area contributed by atoms with Gasteiger partial charge >= 0.3 is 12.0 Å². The van der Waals surface area contributed by atoms with E-state index in [1.165, 1.54) is 0 Å². The lowest BCUT2D eigenvalue weighted by Gasteiger charge is -2.18. The predicted molar refractivity (Wildman–Crippen MR) is 97.6 cm³/mol. The van der Waals surface area contributed by atoms with Crippen LogP contribution in [0.15, 0.2) is 59.2 Å². The molecule has 1 aliphatic heterocycles. The SMILES string of the molecule is O=C(O)c1ccccc1[C@H]1CCN(C(=O)Nc2ccc3occc3c2)C1. The fourth-order valence-corrected chi connectivity index (χ4v) is 3.49. The Morgan fingerprint density at radius 1 is 1.15 bits per heavy atom. The van der Waals surface area contributed by atoms with Crippen LogP contribution in [0.1, 0.15) is 28.3 Å². The fraction of sp³-hybridized carbons (Fsp3) is 0.200. The van der Waals surface area contributed by atoms with Crippen molar-refractivity contribution in [3.05, 3.63) is 65.9 Å². The minimum absolute atomic E-state index is 0.0319. The highest BCUT2D eigenvalue weighted by Crippen LogP contribution is 2.30. The summed E-state index contributed by atoms with van der Waals surface area (Å²) in [5, 5.41) is 13.2. The van der Waals surface area contributed by atoms with E-state index < -0.39 is 5.97 Å². The average molecular weight is 350 g/mol. The minimum Gasteiger partial charge on any atom is -0.478 e. The number of carboxylic acids is 1. The second-order valence-corrected chi connectivity index (χ2v) is 6.43. The monoisotopic (exact) mass is 350 g/mol. The number of furan rings is 1. The number of carboxylic acid groups (broad SMARTS) is 1. The molecule has 0 saturated carbocycles. The maximum atomic E-state index is 12.6. The minimum atomic E-state index is -0.933. The highest BCUT2D eigenvalue weighted by atomic mass is 16.4.